The van der Waals surface area contributed by atoms with Crippen molar-refractivity contribution < 1.29 is 22.9 Å². The van der Waals surface area contributed by atoms with E-state index in [0.29, 0.717) is 0 Å². The molecule has 2 aliphatic rings. The Bertz CT molecular complexity index is 872. The zero-order valence-electron chi connectivity index (χ0n) is 16.9. The first-order valence-corrected chi connectivity index (χ1v) is 17.1. The number of hydrogen-bond donors (Lipinski definition) is 0. The molecule has 1 atom stereocenters. The molecular weight excluding hydrogens is 491 g/mol. The van der Waals surface area contributed by atoms with Gasteiger partial charge in [0.25, 0.3) is 0 Å². The molecule has 0 spiro atoms. The summed E-state index contributed by atoms with van der Waals surface area (Å²) in [4.78, 5) is 0. The second kappa shape index (κ2) is 9.15. The fourth-order valence-electron chi connectivity index (χ4n) is 4.39. The first kappa shape index (κ1) is 20.3. The summed E-state index contributed by atoms with van der Waals surface area (Å²) in [7, 11) is 0. The van der Waals surface area contributed by atoms with Crippen molar-refractivity contribution in [1.82, 2.24) is 0 Å². The van der Waals surface area contributed by atoms with Gasteiger partial charge in [-0.1, -0.05) is 79.3 Å². The van der Waals surface area contributed by atoms with Gasteiger partial charge in [-0.3, -0.25) is 0 Å². The summed E-state index contributed by atoms with van der Waals surface area (Å²) >= 11 is 0.0833. The van der Waals surface area contributed by atoms with Crippen LogP contribution < -0.4 is 0 Å². The molecule has 2 aliphatic carbocycles. The average molecular weight is 521 g/mol. The molecule has 0 N–H and O–H groups in total. The Morgan fingerprint density at radius 1 is 1.07 bits per heavy atom. The summed E-state index contributed by atoms with van der Waals surface area (Å²) in [5.41, 5.74) is 8.97. The fraction of sp³-hybridized carbons (Fsp3) is 0.308. The van der Waals surface area contributed by atoms with E-state index in [1.165, 1.54) is 33.4 Å². The molecule has 0 saturated carbocycles. The van der Waals surface area contributed by atoms with Gasteiger partial charge in [0.2, 0.25) is 0 Å². The van der Waals surface area contributed by atoms with Crippen molar-refractivity contribution in [2.75, 3.05) is 0 Å². The van der Waals surface area contributed by atoms with Crippen LogP contribution in [0.25, 0.3) is 11.1 Å². The van der Waals surface area contributed by atoms with Crippen LogP contribution in [0.15, 0.2) is 78.9 Å². The number of rotatable bonds is 5. The molecule has 0 aliphatic heterocycles. The summed E-state index contributed by atoms with van der Waals surface area (Å²) in [6.45, 7) is 6.38. The Kier molecular flexibility index (Phi) is 6.87. The van der Waals surface area contributed by atoms with Gasteiger partial charge in [-0.15, -0.1) is 6.58 Å². The Morgan fingerprint density at radius 2 is 1.81 bits per heavy atom. The summed E-state index contributed by atoms with van der Waals surface area (Å²) < 4.78 is 4.64. The van der Waals surface area contributed by atoms with Gasteiger partial charge in [0, 0.05) is 5.41 Å². The quantitative estimate of drug-likeness (QED) is 0.241. The fourth-order valence-corrected chi connectivity index (χ4v) is 4.39. The van der Waals surface area contributed by atoms with E-state index in [0.717, 1.165) is 25.7 Å². The zero-order chi connectivity index (χ0) is 19.3. The molecule has 0 fully saturated rings. The SMILES string of the molecule is C=CCCC(C)(C1=CC=CC1)c1cccc2c1Cc1ccccc1-2.[CH3][Hf][CH3]. The minimum absolute atomic E-state index is 0.0833. The van der Waals surface area contributed by atoms with E-state index in [1.54, 1.807) is 0 Å². The van der Waals surface area contributed by atoms with E-state index in [-0.39, 0.29) is 28.3 Å². The minimum atomic E-state index is 0.0833. The topological polar surface area (TPSA) is 0 Å². The van der Waals surface area contributed by atoms with E-state index in [1.807, 2.05) is 0 Å². The second-order valence-corrected chi connectivity index (χ2v) is 11.2. The molecule has 0 nitrogen and oxygen atoms in total. The second-order valence-electron chi connectivity index (χ2n) is 7.65. The van der Waals surface area contributed by atoms with Crippen LogP contribution in [0.4, 0.5) is 0 Å². The van der Waals surface area contributed by atoms with Gasteiger partial charge in [0.05, 0.1) is 0 Å². The molecule has 4 rings (SSSR count). The molecule has 0 heterocycles. The maximum atomic E-state index is 3.95. The molecule has 0 radical (unpaired) electrons. The van der Waals surface area contributed by atoms with Crippen LogP contribution in [-0.2, 0) is 34.7 Å². The molecule has 1 heteroatoms. The van der Waals surface area contributed by atoms with E-state index in [4.69, 9.17) is 0 Å². The van der Waals surface area contributed by atoms with Gasteiger partial charge >= 0.3 is 32.3 Å². The summed E-state index contributed by atoms with van der Waals surface area (Å²) in [5, 5.41) is 0. The predicted octanol–water partition coefficient (Wildman–Crippen LogP) is 7.53. The van der Waals surface area contributed by atoms with Crippen molar-refractivity contribution in [2.45, 2.75) is 47.4 Å². The van der Waals surface area contributed by atoms with Gasteiger partial charge < -0.3 is 0 Å². The van der Waals surface area contributed by atoms with Crippen molar-refractivity contribution >= 4 is 0 Å². The van der Waals surface area contributed by atoms with Crippen molar-refractivity contribution in [3.8, 4) is 11.1 Å². The summed E-state index contributed by atoms with van der Waals surface area (Å²) in [6.07, 6.45) is 13.2. The van der Waals surface area contributed by atoms with Crippen LogP contribution in [0.2, 0.25) is 9.36 Å². The Labute approximate surface area is 176 Å². The molecule has 0 aromatic heterocycles. The third-order valence-corrected chi connectivity index (χ3v) is 5.77. The predicted molar refractivity (Wildman–Crippen MR) is 115 cm³/mol. The van der Waals surface area contributed by atoms with Crippen LogP contribution in [0.1, 0.15) is 42.9 Å². The van der Waals surface area contributed by atoms with Crippen LogP contribution >= 0.6 is 0 Å². The number of hydrogen-bond acceptors (Lipinski definition) is 0. The molecule has 0 amide bonds. The third kappa shape index (κ3) is 4.04. The van der Waals surface area contributed by atoms with Crippen LogP contribution in [0, 0.1) is 0 Å². The standard InChI is InChI=1S/C24H24.2CH3.Hf/c1-3-4-16-24(2,19-11-6-7-12-19)23-15-9-14-21-20-13-8-5-10-18(20)17-22(21)23;;;/h3,5-11,13-15H,1,4,12,16-17H2,2H3;2*1H3;. The normalized spacial score (nSPS) is 15.7. The molecule has 27 heavy (non-hydrogen) atoms. The van der Waals surface area contributed by atoms with Crippen molar-refractivity contribution in [3.63, 3.8) is 0 Å². The maximum absolute atomic E-state index is 3.95. The van der Waals surface area contributed by atoms with E-state index in [9.17, 15) is 0 Å². The van der Waals surface area contributed by atoms with Crippen LogP contribution in [0.3, 0.4) is 0 Å². The molecule has 138 valence electrons. The van der Waals surface area contributed by atoms with Gasteiger partial charge in [0.15, 0.2) is 0 Å². The average Bonchev–Trinajstić information content (AvgIpc) is 3.34. The molecule has 0 bridgehead atoms. The summed E-state index contributed by atoms with van der Waals surface area (Å²) in [5.74, 6) is 0. The van der Waals surface area contributed by atoms with Crippen molar-refractivity contribution in [3.05, 3.63) is 95.6 Å². The molecule has 2 aromatic carbocycles. The monoisotopic (exact) mass is 522 g/mol. The van der Waals surface area contributed by atoms with Gasteiger partial charge in [0.1, 0.15) is 0 Å². The first-order valence-electron chi connectivity index (χ1n) is 9.92. The van der Waals surface area contributed by atoms with Gasteiger partial charge in [-0.25, -0.2) is 0 Å². The van der Waals surface area contributed by atoms with Gasteiger partial charge in [-0.2, -0.15) is 0 Å². The van der Waals surface area contributed by atoms with E-state index in [2.05, 4.69) is 89.6 Å². The first-order chi connectivity index (χ1) is 13.2. The number of fused-ring (bicyclic) bond motifs is 3. The van der Waals surface area contributed by atoms with Crippen LogP contribution in [0.5, 0.6) is 0 Å². The van der Waals surface area contributed by atoms with E-state index < -0.39 is 0 Å². The van der Waals surface area contributed by atoms with Gasteiger partial charge in [-0.05, 0) is 53.5 Å². The molecule has 1 unspecified atom stereocenters. The summed E-state index contributed by atoms with van der Waals surface area (Å²) in [6, 6.07) is 15.7. The van der Waals surface area contributed by atoms with E-state index >= 15 is 0 Å². The number of benzene rings is 2. The Hall–Kier alpha value is -1.47. The third-order valence-electron chi connectivity index (χ3n) is 5.77. The Morgan fingerprint density at radius 3 is 2.52 bits per heavy atom. The molecule has 0 saturated heterocycles. The van der Waals surface area contributed by atoms with Crippen LogP contribution in [-0.4, -0.2) is 0 Å². The molecular formula is C26H30Hf. The zero-order valence-corrected chi connectivity index (χ0v) is 20.5. The van der Waals surface area contributed by atoms with Crippen molar-refractivity contribution in [2.24, 2.45) is 0 Å². The molecule has 2 aromatic rings. The number of allylic oxidation sites excluding steroid dienone is 5. The van der Waals surface area contributed by atoms with Crippen molar-refractivity contribution in [1.29, 1.82) is 0 Å². The Balaban J connectivity index is 0.000000659.